The van der Waals surface area contributed by atoms with Gasteiger partial charge in [0.15, 0.2) is 0 Å². The van der Waals surface area contributed by atoms with Gasteiger partial charge < -0.3 is 9.64 Å². The molecule has 1 heterocycles. The number of carbonyl (C=O) groups excluding carboxylic acids is 2. The van der Waals surface area contributed by atoms with Crippen molar-refractivity contribution in [2.45, 2.75) is 6.92 Å². The van der Waals surface area contributed by atoms with Gasteiger partial charge in [-0.15, -0.1) is 0 Å². The largest absolute Gasteiger partial charge is 0.461 e. The van der Waals surface area contributed by atoms with E-state index in [1.165, 1.54) is 11.0 Å². The second-order valence-electron chi connectivity index (χ2n) is 4.33. The molecule has 0 aliphatic rings. The van der Waals surface area contributed by atoms with Gasteiger partial charge in [0, 0.05) is 12.7 Å². The van der Waals surface area contributed by atoms with Crippen molar-refractivity contribution in [1.29, 1.82) is 0 Å². The molecular formula is C16H16N2O3. The quantitative estimate of drug-likeness (QED) is 0.809. The molecule has 0 bridgehead atoms. The molecule has 0 radical (unpaired) electrons. The molecule has 2 aromatic rings. The number of amides is 1. The molecule has 0 atom stereocenters. The summed E-state index contributed by atoms with van der Waals surface area (Å²) in [7, 11) is 1.66. The van der Waals surface area contributed by atoms with E-state index < -0.39 is 5.97 Å². The molecule has 0 saturated heterocycles. The number of pyridine rings is 1. The van der Waals surface area contributed by atoms with Crippen molar-refractivity contribution in [3.63, 3.8) is 0 Å². The zero-order valence-corrected chi connectivity index (χ0v) is 11.9. The summed E-state index contributed by atoms with van der Waals surface area (Å²) in [5.41, 5.74) is 1.09. The molecule has 1 amide bonds. The molecule has 1 aromatic carbocycles. The minimum atomic E-state index is -0.533. The van der Waals surface area contributed by atoms with Gasteiger partial charge in [0.1, 0.15) is 11.4 Å². The molecule has 108 valence electrons. The van der Waals surface area contributed by atoms with Crippen LogP contribution >= 0.6 is 0 Å². The summed E-state index contributed by atoms with van der Waals surface area (Å²) in [5.74, 6) is -0.818. The number of aromatic nitrogens is 1. The van der Waals surface area contributed by atoms with Crippen molar-refractivity contribution >= 4 is 17.6 Å². The molecule has 0 aliphatic heterocycles. The second kappa shape index (κ2) is 6.65. The van der Waals surface area contributed by atoms with E-state index >= 15 is 0 Å². The van der Waals surface area contributed by atoms with Gasteiger partial charge in [-0.3, -0.25) is 4.79 Å². The Morgan fingerprint density at radius 2 is 1.71 bits per heavy atom. The molecule has 0 fully saturated rings. The maximum atomic E-state index is 12.4. The van der Waals surface area contributed by atoms with Gasteiger partial charge in [0.05, 0.1) is 6.61 Å². The van der Waals surface area contributed by atoms with Crippen LogP contribution in [0.5, 0.6) is 0 Å². The van der Waals surface area contributed by atoms with Crippen LogP contribution in [0.2, 0.25) is 0 Å². The van der Waals surface area contributed by atoms with Gasteiger partial charge in [-0.25, -0.2) is 9.78 Å². The molecule has 0 N–H and O–H groups in total. The number of esters is 1. The van der Waals surface area contributed by atoms with E-state index in [-0.39, 0.29) is 23.9 Å². The van der Waals surface area contributed by atoms with Crippen LogP contribution in [0.25, 0.3) is 0 Å². The second-order valence-corrected chi connectivity index (χ2v) is 4.33. The fourth-order valence-electron chi connectivity index (χ4n) is 1.81. The molecule has 0 aliphatic carbocycles. The Hall–Kier alpha value is -2.69. The topological polar surface area (TPSA) is 59.5 Å². The Morgan fingerprint density at radius 3 is 2.38 bits per heavy atom. The highest BCUT2D eigenvalue weighted by Gasteiger charge is 2.17. The molecule has 5 heteroatoms. The van der Waals surface area contributed by atoms with Gasteiger partial charge in [0.2, 0.25) is 0 Å². The van der Waals surface area contributed by atoms with Crippen LogP contribution in [-0.2, 0) is 4.74 Å². The number of para-hydroxylation sites is 1. The first-order valence-electron chi connectivity index (χ1n) is 6.60. The summed E-state index contributed by atoms with van der Waals surface area (Å²) in [6.07, 6.45) is 0. The molecule has 0 saturated carbocycles. The molecule has 0 unspecified atom stereocenters. The summed E-state index contributed by atoms with van der Waals surface area (Å²) in [5, 5.41) is 0. The fraction of sp³-hybridized carbons (Fsp3) is 0.188. The third-order valence-corrected chi connectivity index (χ3v) is 2.90. The van der Waals surface area contributed by atoms with Crippen LogP contribution in [0.4, 0.5) is 5.69 Å². The van der Waals surface area contributed by atoms with E-state index in [2.05, 4.69) is 4.98 Å². The predicted octanol–water partition coefficient (Wildman–Crippen LogP) is 2.53. The summed E-state index contributed by atoms with van der Waals surface area (Å²) in [4.78, 5) is 29.6. The highest BCUT2D eigenvalue weighted by molar-refractivity contribution is 6.04. The first kappa shape index (κ1) is 14.7. The zero-order valence-electron chi connectivity index (χ0n) is 11.9. The fourth-order valence-corrected chi connectivity index (χ4v) is 1.81. The molecule has 1 aromatic heterocycles. The van der Waals surface area contributed by atoms with Crippen LogP contribution in [0, 0.1) is 0 Å². The Labute approximate surface area is 123 Å². The Bertz CT molecular complexity index is 641. The smallest absolute Gasteiger partial charge is 0.356 e. The van der Waals surface area contributed by atoms with Crippen LogP contribution in [0.1, 0.15) is 27.9 Å². The van der Waals surface area contributed by atoms with E-state index in [1.807, 2.05) is 30.3 Å². The zero-order chi connectivity index (χ0) is 15.2. The van der Waals surface area contributed by atoms with E-state index in [0.717, 1.165) is 5.69 Å². The summed E-state index contributed by atoms with van der Waals surface area (Å²) in [6, 6.07) is 13.9. The molecular weight excluding hydrogens is 268 g/mol. The van der Waals surface area contributed by atoms with Gasteiger partial charge >= 0.3 is 5.97 Å². The number of ether oxygens (including phenoxy) is 1. The lowest BCUT2D eigenvalue weighted by Crippen LogP contribution is -2.27. The number of carbonyl (C=O) groups is 2. The molecule has 0 spiro atoms. The summed E-state index contributed by atoms with van der Waals surface area (Å²) in [6.45, 7) is 1.98. The van der Waals surface area contributed by atoms with Gasteiger partial charge in [-0.05, 0) is 31.2 Å². The van der Waals surface area contributed by atoms with Crippen LogP contribution in [0.3, 0.4) is 0 Å². The van der Waals surface area contributed by atoms with Gasteiger partial charge in [-0.2, -0.15) is 0 Å². The average molecular weight is 284 g/mol. The minimum absolute atomic E-state index is 0.129. The van der Waals surface area contributed by atoms with Crippen molar-refractivity contribution in [3.8, 4) is 0 Å². The van der Waals surface area contributed by atoms with Gasteiger partial charge in [-0.1, -0.05) is 24.3 Å². The molecule has 5 nitrogen and oxygen atoms in total. The highest BCUT2D eigenvalue weighted by Crippen LogP contribution is 2.14. The maximum Gasteiger partial charge on any atom is 0.356 e. The van der Waals surface area contributed by atoms with Crippen LogP contribution in [0.15, 0.2) is 48.5 Å². The standard InChI is InChI=1S/C16H16N2O3/c1-3-21-16(20)14-11-7-10-13(17-14)15(19)18(2)12-8-5-4-6-9-12/h4-11H,3H2,1-2H3. The summed E-state index contributed by atoms with van der Waals surface area (Å²) >= 11 is 0. The normalized spacial score (nSPS) is 10.0. The monoisotopic (exact) mass is 284 g/mol. The van der Waals surface area contributed by atoms with Crippen LogP contribution < -0.4 is 4.90 Å². The summed E-state index contributed by atoms with van der Waals surface area (Å²) < 4.78 is 4.88. The molecule has 2 rings (SSSR count). The number of hydrogen-bond donors (Lipinski definition) is 0. The number of benzene rings is 1. The van der Waals surface area contributed by atoms with Crippen molar-refractivity contribution in [1.82, 2.24) is 4.98 Å². The molecule has 21 heavy (non-hydrogen) atoms. The Kier molecular flexibility index (Phi) is 4.66. The SMILES string of the molecule is CCOC(=O)c1cccc(C(=O)N(C)c2ccccc2)n1. The van der Waals surface area contributed by atoms with Crippen molar-refractivity contribution in [2.24, 2.45) is 0 Å². The van der Waals surface area contributed by atoms with Crippen molar-refractivity contribution < 1.29 is 14.3 Å². The predicted molar refractivity (Wildman–Crippen MR) is 79.4 cm³/mol. The Balaban J connectivity index is 2.23. The average Bonchev–Trinajstić information content (AvgIpc) is 2.54. The van der Waals surface area contributed by atoms with Crippen molar-refractivity contribution in [3.05, 3.63) is 59.9 Å². The number of rotatable bonds is 4. The first-order valence-corrected chi connectivity index (χ1v) is 6.60. The van der Waals surface area contributed by atoms with E-state index in [1.54, 1.807) is 26.1 Å². The lowest BCUT2D eigenvalue weighted by atomic mass is 10.2. The van der Waals surface area contributed by atoms with Crippen LogP contribution in [-0.4, -0.2) is 30.5 Å². The van der Waals surface area contributed by atoms with E-state index in [4.69, 9.17) is 4.74 Å². The van der Waals surface area contributed by atoms with Gasteiger partial charge in [0.25, 0.3) is 5.91 Å². The number of anilines is 1. The number of nitrogens with zero attached hydrogens (tertiary/aromatic N) is 2. The van der Waals surface area contributed by atoms with E-state index in [0.29, 0.717) is 0 Å². The third-order valence-electron chi connectivity index (χ3n) is 2.90. The van der Waals surface area contributed by atoms with E-state index in [9.17, 15) is 9.59 Å². The van der Waals surface area contributed by atoms with Crippen molar-refractivity contribution in [2.75, 3.05) is 18.6 Å². The highest BCUT2D eigenvalue weighted by atomic mass is 16.5. The third kappa shape index (κ3) is 3.45. The maximum absolute atomic E-state index is 12.4. The Morgan fingerprint density at radius 1 is 1.05 bits per heavy atom. The minimum Gasteiger partial charge on any atom is -0.461 e. The number of hydrogen-bond acceptors (Lipinski definition) is 4. The lowest BCUT2D eigenvalue weighted by Gasteiger charge is -2.16. The first-order chi connectivity index (χ1) is 10.1. The lowest BCUT2D eigenvalue weighted by molar-refractivity contribution is 0.0519.